The smallest absolute Gasteiger partial charge is 0.311 e. The van der Waals surface area contributed by atoms with Crippen LogP contribution in [0.3, 0.4) is 0 Å². The van der Waals surface area contributed by atoms with E-state index in [1.807, 2.05) is 53.4 Å². The molecule has 0 bridgehead atoms. The van der Waals surface area contributed by atoms with Crippen molar-refractivity contribution >= 4 is 28.1 Å². The number of hydrogen-bond donors (Lipinski definition) is 3. The van der Waals surface area contributed by atoms with Crippen molar-refractivity contribution in [2.75, 3.05) is 5.32 Å². The molecule has 2 heterocycles. The van der Waals surface area contributed by atoms with Gasteiger partial charge in [0.2, 0.25) is 5.88 Å². The molecule has 164 valence electrons. The minimum atomic E-state index is -1.05. The molecule has 1 atom stereocenters. The Labute approximate surface area is 188 Å². The zero-order chi connectivity index (χ0) is 22.7. The molecule has 3 N–H and O–H groups in total. The molecule has 0 aliphatic heterocycles. The van der Waals surface area contributed by atoms with Gasteiger partial charge in [0.05, 0.1) is 10.8 Å². The van der Waals surface area contributed by atoms with Crippen LogP contribution in [-0.2, 0) is 11.2 Å². The van der Waals surface area contributed by atoms with Gasteiger partial charge in [0.15, 0.2) is 5.13 Å². The largest absolute Gasteiger partial charge is 0.492 e. The minimum Gasteiger partial charge on any atom is -0.492 e. The first-order valence-corrected chi connectivity index (χ1v) is 11.0. The van der Waals surface area contributed by atoms with E-state index in [1.165, 1.54) is 23.5 Å². The van der Waals surface area contributed by atoms with Gasteiger partial charge >= 0.3 is 5.97 Å². The summed E-state index contributed by atoms with van der Waals surface area (Å²) in [6.07, 6.45) is 4.76. The Balaban J connectivity index is 1.47. The van der Waals surface area contributed by atoms with E-state index in [9.17, 15) is 19.4 Å². The van der Waals surface area contributed by atoms with Crippen molar-refractivity contribution in [1.82, 2.24) is 9.55 Å². The number of anilines is 2. The molecule has 8 heteroatoms. The van der Waals surface area contributed by atoms with E-state index in [0.29, 0.717) is 28.5 Å². The van der Waals surface area contributed by atoms with Gasteiger partial charge in [0.1, 0.15) is 5.82 Å². The fourth-order valence-corrected chi connectivity index (χ4v) is 4.44. The monoisotopic (exact) mass is 451 g/mol. The van der Waals surface area contributed by atoms with Crippen LogP contribution in [0.5, 0.6) is 5.88 Å². The van der Waals surface area contributed by atoms with Crippen molar-refractivity contribution in [2.24, 2.45) is 0 Å². The van der Waals surface area contributed by atoms with E-state index in [1.54, 1.807) is 13.0 Å². The molecule has 0 amide bonds. The van der Waals surface area contributed by atoms with E-state index in [0.717, 1.165) is 11.3 Å². The number of aromatic hydroxyl groups is 1. The second-order valence-corrected chi connectivity index (χ2v) is 8.44. The maximum atomic E-state index is 14.5. The van der Waals surface area contributed by atoms with Gasteiger partial charge < -0.3 is 20.1 Å². The molecule has 4 aromatic rings. The number of carboxylic acids is 1. The summed E-state index contributed by atoms with van der Waals surface area (Å²) in [7, 11) is 0. The van der Waals surface area contributed by atoms with Gasteiger partial charge in [-0.1, -0.05) is 36.5 Å². The zero-order valence-electron chi connectivity index (χ0n) is 17.3. The second kappa shape index (κ2) is 9.23. The highest BCUT2D eigenvalue weighted by atomic mass is 32.1. The zero-order valence-corrected chi connectivity index (χ0v) is 18.1. The highest BCUT2D eigenvalue weighted by Crippen LogP contribution is 2.33. The van der Waals surface area contributed by atoms with Gasteiger partial charge in [-0.25, -0.2) is 4.39 Å². The summed E-state index contributed by atoms with van der Waals surface area (Å²) in [6, 6.07) is 16.3. The molecule has 0 fully saturated rings. The van der Waals surface area contributed by atoms with Gasteiger partial charge in [-0.05, 0) is 48.4 Å². The van der Waals surface area contributed by atoms with Crippen molar-refractivity contribution in [3.8, 4) is 11.6 Å². The van der Waals surface area contributed by atoms with Gasteiger partial charge in [0.25, 0.3) is 0 Å². The number of hydrogen-bond acceptors (Lipinski definition) is 5. The average molecular weight is 452 g/mol. The number of aliphatic carboxylic acids is 1. The number of nitrogens with zero attached hydrogens (tertiary/aromatic N) is 2. The first kappa shape index (κ1) is 21.6. The van der Waals surface area contributed by atoms with E-state index in [4.69, 9.17) is 0 Å². The third-order valence-corrected chi connectivity index (χ3v) is 6.17. The summed E-state index contributed by atoms with van der Waals surface area (Å²) in [5.74, 6) is -2.60. The number of thiazole rings is 1. The van der Waals surface area contributed by atoms with Gasteiger partial charge in [-0.15, -0.1) is 0 Å². The molecule has 6 nitrogen and oxygen atoms in total. The molecule has 0 saturated heterocycles. The molecule has 0 saturated carbocycles. The summed E-state index contributed by atoms with van der Waals surface area (Å²) in [5, 5.41) is 22.9. The highest BCUT2D eigenvalue weighted by Gasteiger charge is 2.21. The van der Waals surface area contributed by atoms with Gasteiger partial charge in [0, 0.05) is 35.8 Å². The fourth-order valence-electron chi connectivity index (χ4n) is 3.53. The number of aromatic nitrogens is 2. The molecule has 0 spiro atoms. The molecule has 4 rings (SSSR count). The van der Waals surface area contributed by atoms with Crippen LogP contribution in [0.15, 0.2) is 67.0 Å². The number of rotatable bonds is 8. The van der Waals surface area contributed by atoms with Crippen LogP contribution in [0.2, 0.25) is 0 Å². The third kappa shape index (κ3) is 4.65. The number of carboxylic acid groups (broad SMARTS) is 1. The molecule has 0 aliphatic rings. The summed E-state index contributed by atoms with van der Waals surface area (Å²) < 4.78 is 16.5. The molecular weight excluding hydrogens is 429 g/mol. The van der Waals surface area contributed by atoms with E-state index in [2.05, 4.69) is 10.3 Å². The molecule has 1 unspecified atom stereocenters. The molecule has 0 aliphatic carbocycles. The summed E-state index contributed by atoms with van der Waals surface area (Å²) in [4.78, 5) is 16.1. The number of nitrogens with one attached hydrogen (secondary N) is 1. The van der Waals surface area contributed by atoms with E-state index >= 15 is 0 Å². The average Bonchev–Trinajstić information content (AvgIpc) is 3.41. The van der Waals surface area contributed by atoms with Crippen LogP contribution in [0.4, 0.5) is 15.2 Å². The Kier molecular flexibility index (Phi) is 6.23. The van der Waals surface area contributed by atoms with Crippen molar-refractivity contribution in [3.05, 3.63) is 88.8 Å². The molecule has 0 radical (unpaired) electrons. The molecular formula is C24H22FN3O3S. The minimum absolute atomic E-state index is 0.0685. The van der Waals surface area contributed by atoms with Crippen LogP contribution < -0.4 is 5.32 Å². The van der Waals surface area contributed by atoms with Crippen LogP contribution >= 0.6 is 11.3 Å². The van der Waals surface area contributed by atoms with Crippen LogP contribution in [-0.4, -0.2) is 25.7 Å². The second-order valence-electron chi connectivity index (χ2n) is 7.36. The first-order chi connectivity index (χ1) is 15.4. The quantitative estimate of drug-likeness (QED) is 0.320. The van der Waals surface area contributed by atoms with Crippen LogP contribution in [0.1, 0.15) is 35.3 Å². The maximum Gasteiger partial charge on any atom is 0.311 e. The molecule has 2 aromatic carbocycles. The summed E-state index contributed by atoms with van der Waals surface area (Å²) in [6.45, 7) is 1.71. The maximum absolute atomic E-state index is 14.5. The number of halogens is 1. The fraction of sp³-hybridized carbons (Fsp3) is 0.167. The van der Waals surface area contributed by atoms with Gasteiger partial charge in [-0.2, -0.15) is 4.98 Å². The summed E-state index contributed by atoms with van der Waals surface area (Å²) >= 11 is 1.28. The first-order valence-electron chi connectivity index (χ1n) is 10.1. The standard InChI is InChI=1S/C24H22FN3O3S/c1-2-18(23(30)31)19-10-7-16(14-20(19)25)26-24-27-22(29)21(32-24)13-15-5-8-17(9-6-15)28-11-3-4-12-28/h3-12,14,18,29H,2,13H2,1H3,(H,26,27)(H,30,31). The highest BCUT2D eigenvalue weighted by molar-refractivity contribution is 7.16. The van der Waals surface area contributed by atoms with Gasteiger partial charge in [-0.3, -0.25) is 4.79 Å². The van der Waals surface area contributed by atoms with Crippen molar-refractivity contribution < 1.29 is 19.4 Å². The predicted octanol–water partition coefficient (Wildman–Crippen LogP) is 5.69. The Morgan fingerprint density at radius 3 is 2.53 bits per heavy atom. The lowest BCUT2D eigenvalue weighted by molar-refractivity contribution is -0.138. The Hall–Kier alpha value is -3.65. The van der Waals surface area contributed by atoms with E-state index < -0.39 is 17.7 Å². The molecule has 32 heavy (non-hydrogen) atoms. The normalized spacial score (nSPS) is 11.9. The predicted molar refractivity (Wildman–Crippen MR) is 123 cm³/mol. The number of benzene rings is 2. The topological polar surface area (TPSA) is 87.4 Å². The lowest BCUT2D eigenvalue weighted by atomic mass is 9.96. The SMILES string of the molecule is CCC(C(=O)O)c1ccc(Nc2nc(O)c(Cc3ccc(-n4cccc4)cc3)s2)cc1F. The Bertz CT molecular complexity index is 1220. The Morgan fingerprint density at radius 2 is 1.91 bits per heavy atom. The van der Waals surface area contributed by atoms with Crippen molar-refractivity contribution in [2.45, 2.75) is 25.7 Å². The Morgan fingerprint density at radius 1 is 1.19 bits per heavy atom. The molecule has 2 aromatic heterocycles. The van der Waals surface area contributed by atoms with Crippen LogP contribution in [0, 0.1) is 5.82 Å². The number of carbonyl (C=O) groups is 1. The summed E-state index contributed by atoms with van der Waals surface area (Å²) in [5.41, 5.74) is 2.66. The van der Waals surface area contributed by atoms with E-state index in [-0.39, 0.29) is 11.4 Å². The lowest BCUT2D eigenvalue weighted by Gasteiger charge is -2.12. The third-order valence-electron chi connectivity index (χ3n) is 5.21. The van der Waals surface area contributed by atoms with Crippen molar-refractivity contribution in [3.63, 3.8) is 0 Å². The van der Waals surface area contributed by atoms with Crippen LogP contribution in [0.25, 0.3) is 5.69 Å². The lowest BCUT2D eigenvalue weighted by Crippen LogP contribution is -2.12. The van der Waals surface area contributed by atoms with Crippen molar-refractivity contribution in [1.29, 1.82) is 0 Å².